The minimum atomic E-state index is -1.52. The number of aliphatic carboxylic acids is 1. The summed E-state index contributed by atoms with van der Waals surface area (Å²) in [7, 11) is 0. The van der Waals surface area contributed by atoms with Crippen molar-refractivity contribution in [3.63, 3.8) is 0 Å². The number of amides is 4. The first-order chi connectivity index (χ1) is 17.3. The number of aliphatic hydroxyl groups is 1. The lowest BCUT2D eigenvalue weighted by Gasteiger charge is -2.26. The molecule has 5 atom stereocenters. The van der Waals surface area contributed by atoms with Gasteiger partial charge in [0.25, 0.3) is 0 Å². The maximum absolute atomic E-state index is 13.0. The van der Waals surface area contributed by atoms with E-state index in [2.05, 4.69) is 20.9 Å². The Balaban J connectivity index is 5.49. The molecule has 16 heteroatoms. The molecule has 4 amide bonds. The Hall–Kier alpha value is -3.50. The van der Waals surface area contributed by atoms with Gasteiger partial charge in [0.2, 0.25) is 23.6 Å². The van der Waals surface area contributed by atoms with Gasteiger partial charge >= 0.3 is 5.97 Å². The summed E-state index contributed by atoms with van der Waals surface area (Å²) < 4.78 is 0. The number of nitrogens with zero attached hydrogens (tertiary/aromatic N) is 1. The van der Waals surface area contributed by atoms with E-state index >= 15 is 0 Å². The van der Waals surface area contributed by atoms with Crippen molar-refractivity contribution in [2.45, 2.75) is 82.1 Å². The van der Waals surface area contributed by atoms with Crippen LogP contribution < -0.4 is 44.6 Å². The molecule has 0 bridgehead atoms. The minimum Gasteiger partial charge on any atom is -0.480 e. The molecule has 0 saturated heterocycles. The highest BCUT2D eigenvalue weighted by Crippen LogP contribution is 2.06. The summed E-state index contributed by atoms with van der Waals surface area (Å²) in [6.45, 7) is 1.73. The summed E-state index contributed by atoms with van der Waals surface area (Å²) in [6, 6.07) is -5.13. The summed E-state index contributed by atoms with van der Waals surface area (Å²) in [5.41, 5.74) is 26.8. The fourth-order valence-corrected chi connectivity index (χ4v) is 3.15. The van der Waals surface area contributed by atoms with E-state index in [1.54, 1.807) is 0 Å². The third kappa shape index (κ3) is 14.6. The molecule has 212 valence electrons. The first-order valence-corrected chi connectivity index (χ1v) is 11.9. The van der Waals surface area contributed by atoms with Crippen molar-refractivity contribution in [3.05, 3.63) is 0 Å². The average Bonchev–Trinajstić information content (AvgIpc) is 2.81. The fraction of sp³-hybridized carbons (Fsp3) is 0.714. The van der Waals surface area contributed by atoms with Gasteiger partial charge in [0.1, 0.15) is 18.1 Å². The zero-order valence-electron chi connectivity index (χ0n) is 21.0. The quantitative estimate of drug-likeness (QED) is 0.0431. The number of carboxylic acids is 1. The van der Waals surface area contributed by atoms with Gasteiger partial charge in [-0.1, -0.05) is 0 Å². The van der Waals surface area contributed by atoms with E-state index in [0.717, 1.165) is 0 Å². The number of nitrogens with one attached hydrogen (secondary N) is 3. The van der Waals surface area contributed by atoms with E-state index in [1.807, 2.05) is 0 Å². The Bertz CT molecular complexity index is 803. The number of unbranched alkanes of at least 4 members (excludes halogenated alkanes) is 1. The van der Waals surface area contributed by atoms with Gasteiger partial charge in [0.15, 0.2) is 5.96 Å². The lowest BCUT2D eigenvalue weighted by Crippen LogP contribution is -2.59. The highest BCUT2D eigenvalue weighted by molar-refractivity contribution is 5.94. The molecule has 0 spiro atoms. The van der Waals surface area contributed by atoms with E-state index < -0.39 is 59.9 Å². The lowest BCUT2D eigenvalue weighted by atomic mass is 10.1. The maximum Gasteiger partial charge on any atom is 0.326 e. The topological polar surface area (TPSA) is 304 Å². The summed E-state index contributed by atoms with van der Waals surface area (Å²) >= 11 is 0. The molecule has 16 nitrogen and oxygen atoms in total. The number of guanidine groups is 1. The van der Waals surface area contributed by atoms with Crippen LogP contribution in [0.4, 0.5) is 0 Å². The SMILES string of the molecule is CC(O)C(NC(=O)C(CCCN=C(N)N)NC(=O)C(N)CCC(N)=O)C(=O)NC(CCCCN)C(=O)O. The molecule has 0 aromatic rings. The predicted molar refractivity (Wildman–Crippen MR) is 134 cm³/mol. The monoisotopic (exact) mass is 531 g/mol. The molecule has 37 heavy (non-hydrogen) atoms. The zero-order chi connectivity index (χ0) is 28.5. The predicted octanol–water partition coefficient (Wildman–Crippen LogP) is -4.32. The van der Waals surface area contributed by atoms with Gasteiger partial charge in [-0.15, -0.1) is 0 Å². The number of hydrogen-bond acceptors (Lipinski definition) is 9. The van der Waals surface area contributed by atoms with E-state index in [0.29, 0.717) is 19.4 Å². The number of aliphatic hydroxyl groups excluding tert-OH is 1. The first-order valence-electron chi connectivity index (χ1n) is 11.9. The first kappa shape index (κ1) is 33.5. The van der Waals surface area contributed by atoms with Crippen molar-refractivity contribution in [1.82, 2.24) is 16.0 Å². The molecule has 0 fully saturated rings. The minimum absolute atomic E-state index is 0.0296. The number of hydrogen-bond donors (Lipinski definition) is 10. The van der Waals surface area contributed by atoms with Gasteiger partial charge in [0, 0.05) is 13.0 Å². The molecule has 15 N–H and O–H groups in total. The van der Waals surface area contributed by atoms with Crippen LogP contribution in [0.5, 0.6) is 0 Å². The normalized spacial score (nSPS) is 14.8. The average molecular weight is 532 g/mol. The summed E-state index contributed by atoms with van der Waals surface area (Å²) in [5, 5.41) is 26.6. The number of carbonyl (C=O) groups is 5. The molecule has 0 aliphatic rings. The van der Waals surface area contributed by atoms with Crippen LogP contribution in [0.2, 0.25) is 0 Å². The Morgan fingerprint density at radius 1 is 0.838 bits per heavy atom. The van der Waals surface area contributed by atoms with Crippen molar-refractivity contribution in [2.75, 3.05) is 13.1 Å². The van der Waals surface area contributed by atoms with Crippen LogP contribution in [-0.2, 0) is 24.0 Å². The molecule has 0 aliphatic carbocycles. The van der Waals surface area contributed by atoms with Crippen LogP contribution >= 0.6 is 0 Å². The molecule has 0 saturated carbocycles. The van der Waals surface area contributed by atoms with Crippen molar-refractivity contribution in [3.8, 4) is 0 Å². The molecular weight excluding hydrogens is 490 g/mol. The molecule has 0 radical (unpaired) electrons. The van der Waals surface area contributed by atoms with E-state index in [9.17, 15) is 34.2 Å². The second kappa shape index (κ2) is 17.9. The van der Waals surface area contributed by atoms with Crippen LogP contribution in [-0.4, -0.2) is 89.1 Å². The highest BCUT2D eigenvalue weighted by atomic mass is 16.4. The number of carbonyl (C=O) groups excluding carboxylic acids is 4. The molecule has 0 aliphatic heterocycles. The van der Waals surface area contributed by atoms with Gasteiger partial charge in [-0.25, -0.2) is 4.79 Å². The van der Waals surface area contributed by atoms with Crippen molar-refractivity contribution in [1.29, 1.82) is 0 Å². The van der Waals surface area contributed by atoms with Gasteiger partial charge in [0.05, 0.1) is 12.1 Å². The lowest BCUT2D eigenvalue weighted by molar-refractivity contribution is -0.143. The largest absolute Gasteiger partial charge is 0.480 e. The van der Waals surface area contributed by atoms with E-state index in [-0.39, 0.29) is 44.6 Å². The van der Waals surface area contributed by atoms with Gasteiger partial charge in [-0.05, 0) is 52.0 Å². The van der Waals surface area contributed by atoms with Crippen molar-refractivity contribution < 1.29 is 34.2 Å². The van der Waals surface area contributed by atoms with Crippen molar-refractivity contribution in [2.24, 2.45) is 33.7 Å². The molecule has 5 unspecified atom stereocenters. The smallest absolute Gasteiger partial charge is 0.326 e. The Morgan fingerprint density at radius 2 is 1.43 bits per heavy atom. The second-order valence-electron chi connectivity index (χ2n) is 8.53. The number of rotatable bonds is 19. The molecule has 0 heterocycles. The Labute approximate surface area is 215 Å². The van der Waals surface area contributed by atoms with Crippen LogP contribution in [0.15, 0.2) is 4.99 Å². The highest BCUT2D eigenvalue weighted by Gasteiger charge is 2.32. The summed E-state index contributed by atoms with van der Waals surface area (Å²) in [5.74, 6) is -4.60. The molecule has 0 aromatic carbocycles. The van der Waals surface area contributed by atoms with Crippen LogP contribution in [0.1, 0.15) is 51.9 Å². The molecule has 0 rings (SSSR count). The standard InChI is InChI=1S/C21H41N9O7/c1-11(31)16(19(35)29-14(20(36)37)5-2-3-9-22)30-18(34)13(6-4-10-27-21(25)26)28-17(33)12(23)7-8-15(24)32/h11-14,16,31H,2-10,22-23H2,1H3,(H2,24,32)(H,28,33)(H,29,35)(H,30,34)(H,36,37)(H4,25,26,27). The summed E-state index contributed by atoms with van der Waals surface area (Å²) in [4.78, 5) is 64.5. The maximum atomic E-state index is 13.0. The number of primary amides is 1. The van der Waals surface area contributed by atoms with Crippen molar-refractivity contribution >= 4 is 35.6 Å². The third-order valence-electron chi connectivity index (χ3n) is 5.24. The third-order valence-corrected chi connectivity index (χ3v) is 5.24. The van der Waals surface area contributed by atoms with Crippen LogP contribution in [0, 0.1) is 0 Å². The second-order valence-corrected chi connectivity index (χ2v) is 8.53. The number of nitrogens with two attached hydrogens (primary N) is 5. The zero-order valence-corrected chi connectivity index (χ0v) is 21.0. The van der Waals surface area contributed by atoms with Gasteiger partial charge in [-0.2, -0.15) is 0 Å². The molecular formula is C21H41N9O7. The van der Waals surface area contributed by atoms with Crippen LogP contribution in [0.3, 0.4) is 0 Å². The van der Waals surface area contributed by atoms with Gasteiger partial charge in [-0.3, -0.25) is 24.2 Å². The van der Waals surface area contributed by atoms with Crippen LogP contribution in [0.25, 0.3) is 0 Å². The summed E-state index contributed by atoms with van der Waals surface area (Å²) in [6.07, 6.45) is -0.218. The molecule has 0 aromatic heterocycles. The number of aliphatic imine (C=N–C) groups is 1. The van der Waals surface area contributed by atoms with E-state index in [1.165, 1.54) is 6.92 Å². The fourth-order valence-electron chi connectivity index (χ4n) is 3.15. The van der Waals surface area contributed by atoms with Gasteiger partial charge < -0.3 is 54.8 Å². The Morgan fingerprint density at radius 3 is 1.95 bits per heavy atom. The number of carboxylic acid groups (broad SMARTS) is 1. The Kier molecular flexibility index (Phi) is 16.2. The van der Waals surface area contributed by atoms with E-state index in [4.69, 9.17) is 28.7 Å².